The van der Waals surface area contributed by atoms with Crippen LogP contribution >= 0.6 is 0 Å². The summed E-state index contributed by atoms with van der Waals surface area (Å²) >= 11 is 0. The van der Waals surface area contributed by atoms with Crippen LogP contribution < -0.4 is 10.1 Å². The molecule has 1 aliphatic heterocycles. The molecule has 128 valence electrons. The number of carbonyl (C=O) groups excluding carboxylic acids is 1. The summed E-state index contributed by atoms with van der Waals surface area (Å²) in [6.45, 7) is 0.253. The molecule has 0 spiro atoms. The van der Waals surface area contributed by atoms with Crippen molar-refractivity contribution in [1.29, 1.82) is 0 Å². The number of anilines is 1. The summed E-state index contributed by atoms with van der Waals surface area (Å²) in [5.74, 6) is 4.15. The molecule has 1 fully saturated rings. The van der Waals surface area contributed by atoms with E-state index in [1.54, 1.807) is 0 Å². The van der Waals surface area contributed by atoms with Gasteiger partial charge in [-0.2, -0.15) is 5.10 Å². The van der Waals surface area contributed by atoms with E-state index in [2.05, 4.69) is 16.3 Å². The average molecular weight is 335 g/mol. The second-order valence-corrected chi connectivity index (χ2v) is 6.70. The highest BCUT2D eigenvalue weighted by molar-refractivity contribution is 5.94. The monoisotopic (exact) mass is 335 g/mol. The third-order valence-electron chi connectivity index (χ3n) is 5.12. The molecule has 1 N–H and O–H groups in total. The Morgan fingerprint density at radius 1 is 1.28 bits per heavy atom. The van der Waals surface area contributed by atoms with Crippen molar-refractivity contribution in [2.75, 3.05) is 11.9 Å². The van der Waals surface area contributed by atoms with Gasteiger partial charge in [-0.15, -0.1) is 6.42 Å². The number of rotatable bonds is 4. The summed E-state index contributed by atoms with van der Waals surface area (Å²) < 4.78 is 7.45. The molecule has 2 aromatic rings. The van der Waals surface area contributed by atoms with Crippen LogP contribution in [0, 0.1) is 12.3 Å². The maximum atomic E-state index is 12.3. The first-order valence-electron chi connectivity index (χ1n) is 8.79. The SMILES string of the molecule is C#CCOc1ccc([C@@H]2CC(=O)Nc3c2cnn3C2CCCC2)cc1. The van der Waals surface area contributed by atoms with E-state index in [9.17, 15) is 4.79 Å². The van der Waals surface area contributed by atoms with Gasteiger partial charge in [-0.1, -0.05) is 30.9 Å². The van der Waals surface area contributed by atoms with Gasteiger partial charge in [-0.05, 0) is 30.5 Å². The number of hydrogen-bond donors (Lipinski definition) is 1. The summed E-state index contributed by atoms with van der Waals surface area (Å²) in [5, 5.41) is 7.64. The minimum absolute atomic E-state index is 0.0283. The van der Waals surface area contributed by atoms with Crippen molar-refractivity contribution in [2.24, 2.45) is 0 Å². The largest absolute Gasteiger partial charge is 0.481 e. The van der Waals surface area contributed by atoms with Crippen molar-refractivity contribution in [3.8, 4) is 18.1 Å². The Hall–Kier alpha value is -2.74. The lowest BCUT2D eigenvalue weighted by Gasteiger charge is -2.25. The zero-order chi connectivity index (χ0) is 17.2. The van der Waals surface area contributed by atoms with Gasteiger partial charge in [0.2, 0.25) is 5.91 Å². The highest BCUT2D eigenvalue weighted by Crippen LogP contribution is 2.40. The van der Waals surface area contributed by atoms with Crippen LogP contribution in [0.3, 0.4) is 0 Å². The number of nitrogens with zero attached hydrogens (tertiary/aromatic N) is 2. The van der Waals surface area contributed by atoms with Crippen molar-refractivity contribution in [3.05, 3.63) is 41.6 Å². The fraction of sp³-hybridized carbons (Fsp3) is 0.400. The molecule has 4 rings (SSSR count). The van der Waals surface area contributed by atoms with Crippen molar-refractivity contribution in [3.63, 3.8) is 0 Å². The van der Waals surface area contributed by atoms with Crippen LogP contribution in [-0.2, 0) is 4.79 Å². The molecule has 2 heterocycles. The van der Waals surface area contributed by atoms with E-state index in [0.29, 0.717) is 12.5 Å². The highest BCUT2D eigenvalue weighted by atomic mass is 16.5. The second kappa shape index (κ2) is 6.64. The molecule has 25 heavy (non-hydrogen) atoms. The normalized spacial score (nSPS) is 20.0. The molecule has 5 heteroatoms. The number of terminal acetylenes is 1. The maximum Gasteiger partial charge on any atom is 0.226 e. The number of aromatic nitrogens is 2. The molecule has 1 atom stereocenters. The van der Waals surface area contributed by atoms with Crippen molar-refractivity contribution >= 4 is 11.7 Å². The molecule has 1 aromatic carbocycles. The molecule has 0 unspecified atom stereocenters. The van der Waals surface area contributed by atoms with E-state index in [1.165, 1.54) is 12.8 Å². The van der Waals surface area contributed by atoms with Gasteiger partial charge in [-0.3, -0.25) is 4.79 Å². The van der Waals surface area contributed by atoms with E-state index < -0.39 is 0 Å². The van der Waals surface area contributed by atoms with Gasteiger partial charge >= 0.3 is 0 Å². The molecule has 1 saturated carbocycles. The van der Waals surface area contributed by atoms with Crippen LogP contribution in [0.1, 0.15) is 55.2 Å². The van der Waals surface area contributed by atoms with Crippen LogP contribution in [-0.4, -0.2) is 22.3 Å². The minimum atomic E-state index is 0.0283. The van der Waals surface area contributed by atoms with Gasteiger partial charge in [0, 0.05) is 17.9 Å². The Labute approximate surface area is 147 Å². The summed E-state index contributed by atoms with van der Waals surface area (Å²) in [4.78, 5) is 12.3. The topological polar surface area (TPSA) is 56.1 Å². The first-order chi connectivity index (χ1) is 12.3. The van der Waals surface area contributed by atoms with E-state index in [4.69, 9.17) is 11.2 Å². The fourth-order valence-corrected chi connectivity index (χ4v) is 3.88. The molecule has 5 nitrogen and oxygen atoms in total. The Morgan fingerprint density at radius 2 is 2.04 bits per heavy atom. The average Bonchev–Trinajstić information content (AvgIpc) is 3.29. The Balaban J connectivity index is 1.63. The van der Waals surface area contributed by atoms with Crippen LogP contribution in [0.25, 0.3) is 0 Å². The molecule has 2 aliphatic rings. The zero-order valence-electron chi connectivity index (χ0n) is 14.1. The van der Waals surface area contributed by atoms with Crippen LogP contribution in [0.2, 0.25) is 0 Å². The van der Waals surface area contributed by atoms with Gasteiger partial charge < -0.3 is 10.1 Å². The lowest BCUT2D eigenvalue weighted by atomic mass is 9.87. The van der Waals surface area contributed by atoms with E-state index in [-0.39, 0.29) is 18.4 Å². The zero-order valence-corrected chi connectivity index (χ0v) is 14.1. The number of amides is 1. The first-order valence-corrected chi connectivity index (χ1v) is 8.79. The standard InChI is InChI=1S/C20H21N3O2/c1-2-11-25-16-9-7-14(8-10-16)17-12-19(24)22-20-18(17)13-21-23(20)15-5-3-4-6-15/h1,7-10,13,15,17H,3-6,11-12H2,(H,22,24)/t17-/m0/s1. The molecule has 0 saturated heterocycles. The molecule has 0 radical (unpaired) electrons. The summed E-state index contributed by atoms with van der Waals surface area (Å²) in [6.07, 6.45) is 12.3. The molecule has 1 aliphatic carbocycles. The Bertz CT molecular complexity index is 810. The van der Waals surface area contributed by atoms with E-state index >= 15 is 0 Å². The predicted octanol–water partition coefficient (Wildman–Crippen LogP) is 3.48. The summed E-state index contributed by atoms with van der Waals surface area (Å²) in [5.41, 5.74) is 2.19. The Kier molecular flexibility index (Phi) is 4.19. The lowest BCUT2D eigenvalue weighted by molar-refractivity contribution is -0.116. The number of nitrogens with one attached hydrogen (secondary N) is 1. The molecule has 1 amide bonds. The second-order valence-electron chi connectivity index (χ2n) is 6.70. The highest BCUT2D eigenvalue weighted by Gasteiger charge is 2.32. The minimum Gasteiger partial charge on any atom is -0.481 e. The summed E-state index contributed by atoms with van der Waals surface area (Å²) in [6, 6.07) is 8.22. The smallest absolute Gasteiger partial charge is 0.226 e. The third kappa shape index (κ3) is 3.00. The molecule has 1 aromatic heterocycles. The summed E-state index contributed by atoms with van der Waals surface area (Å²) in [7, 11) is 0. The Morgan fingerprint density at radius 3 is 2.76 bits per heavy atom. The lowest BCUT2D eigenvalue weighted by Crippen LogP contribution is -2.25. The number of benzene rings is 1. The number of carbonyl (C=O) groups is 1. The van der Waals surface area contributed by atoms with Crippen molar-refractivity contribution in [1.82, 2.24) is 9.78 Å². The van der Waals surface area contributed by atoms with Gasteiger partial charge in [0.25, 0.3) is 0 Å². The van der Waals surface area contributed by atoms with Gasteiger partial charge in [0.1, 0.15) is 18.2 Å². The number of ether oxygens (including phenoxy) is 1. The van der Waals surface area contributed by atoms with Crippen LogP contribution in [0.5, 0.6) is 5.75 Å². The first kappa shape index (κ1) is 15.8. The number of hydrogen-bond acceptors (Lipinski definition) is 3. The maximum absolute atomic E-state index is 12.3. The van der Waals surface area contributed by atoms with E-state index in [1.807, 2.05) is 35.1 Å². The van der Waals surface area contributed by atoms with Crippen molar-refractivity contribution < 1.29 is 9.53 Å². The quantitative estimate of drug-likeness (QED) is 0.870. The van der Waals surface area contributed by atoms with Crippen LogP contribution in [0.15, 0.2) is 30.5 Å². The van der Waals surface area contributed by atoms with Gasteiger partial charge in [0.05, 0.1) is 12.2 Å². The third-order valence-corrected chi connectivity index (χ3v) is 5.12. The predicted molar refractivity (Wildman–Crippen MR) is 95.6 cm³/mol. The van der Waals surface area contributed by atoms with Crippen LogP contribution in [0.4, 0.5) is 5.82 Å². The molecule has 0 bridgehead atoms. The molecular formula is C20H21N3O2. The molecular weight excluding hydrogens is 314 g/mol. The van der Waals surface area contributed by atoms with Crippen molar-refractivity contribution in [2.45, 2.75) is 44.1 Å². The fourth-order valence-electron chi connectivity index (χ4n) is 3.88. The number of fused-ring (bicyclic) bond motifs is 1. The van der Waals surface area contributed by atoms with E-state index in [0.717, 1.165) is 35.5 Å². The van der Waals surface area contributed by atoms with Gasteiger partial charge in [-0.25, -0.2) is 4.68 Å². The van der Waals surface area contributed by atoms with Gasteiger partial charge in [0.15, 0.2) is 0 Å².